The molecule has 0 aliphatic rings. The number of ether oxygens (including phenoxy) is 3. The van der Waals surface area contributed by atoms with E-state index in [0.717, 1.165) is 5.39 Å². The van der Waals surface area contributed by atoms with Crippen molar-refractivity contribution in [3.63, 3.8) is 0 Å². The molecule has 0 atom stereocenters. The molecule has 0 saturated carbocycles. The van der Waals surface area contributed by atoms with Crippen LogP contribution in [0.5, 0.6) is 11.5 Å². The third-order valence-corrected chi connectivity index (χ3v) is 3.82. The molecule has 0 bridgehead atoms. The Morgan fingerprint density at radius 1 is 0.885 bits per heavy atom. The molecule has 0 amide bonds. The molecule has 5 nitrogen and oxygen atoms in total. The standard InChI is InChI=1S/C20H15ClO5/c1-2-24-20(23)26-17-8-4-6-13-5-3-7-16(18(13)17)25-19(22)14-9-11-15(21)12-10-14/h3-12H,2H2,1H3. The number of rotatable bonds is 4. The van der Waals surface area contributed by atoms with Crippen molar-refractivity contribution in [2.75, 3.05) is 6.61 Å². The second kappa shape index (κ2) is 7.89. The van der Waals surface area contributed by atoms with E-state index in [9.17, 15) is 9.59 Å². The van der Waals surface area contributed by atoms with E-state index in [2.05, 4.69) is 0 Å². The summed E-state index contributed by atoms with van der Waals surface area (Å²) in [4.78, 5) is 24.1. The van der Waals surface area contributed by atoms with E-state index < -0.39 is 12.1 Å². The summed E-state index contributed by atoms with van der Waals surface area (Å²) in [5.41, 5.74) is 0.357. The van der Waals surface area contributed by atoms with Crippen LogP contribution < -0.4 is 9.47 Å². The molecule has 0 aliphatic heterocycles. The maximum Gasteiger partial charge on any atom is 0.513 e. The van der Waals surface area contributed by atoms with E-state index in [4.69, 9.17) is 25.8 Å². The highest BCUT2D eigenvalue weighted by molar-refractivity contribution is 6.30. The number of fused-ring (bicyclic) bond motifs is 1. The lowest BCUT2D eigenvalue weighted by atomic mass is 10.1. The molecule has 0 unspecified atom stereocenters. The summed E-state index contributed by atoms with van der Waals surface area (Å²) >= 11 is 5.84. The van der Waals surface area contributed by atoms with E-state index in [-0.39, 0.29) is 18.1 Å². The van der Waals surface area contributed by atoms with Gasteiger partial charge in [0.15, 0.2) is 0 Å². The maximum atomic E-state index is 12.4. The van der Waals surface area contributed by atoms with Crippen molar-refractivity contribution in [1.29, 1.82) is 0 Å². The molecule has 0 saturated heterocycles. The monoisotopic (exact) mass is 370 g/mol. The summed E-state index contributed by atoms with van der Waals surface area (Å²) in [7, 11) is 0. The minimum Gasteiger partial charge on any atom is -0.434 e. The van der Waals surface area contributed by atoms with E-state index in [1.54, 1.807) is 55.5 Å². The van der Waals surface area contributed by atoms with Crippen LogP contribution in [0.25, 0.3) is 10.8 Å². The third-order valence-electron chi connectivity index (χ3n) is 3.57. The molecule has 132 valence electrons. The molecule has 6 heteroatoms. The molecule has 0 aliphatic carbocycles. The average molecular weight is 371 g/mol. The van der Waals surface area contributed by atoms with Gasteiger partial charge in [-0.15, -0.1) is 0 Å². The smallest absolute Gasteiger partial charge is 0.434 e. The van der Waals surface area contributed by atoms with Crippen LogP contribution in [0, 0.1) is 0 Å². The Morgan fingerprint density at radius 2 is 1.50 bits per heavy atom. The van der Waals surface area contributed by atoms with Gasteiger partial charge in [0.1, 0.15) is 11.5 Å². The zero-order valence-corrected chi connectivity index (χ0v) is 14.7. The quantitative estimate of drug-likeness (QED) is 0.356. The van der Waals surface area contributed by atoms with Crippen molar-refractivity contribution >= 4 is 34.5 Å². The molecule has 0 heterocycles. The Kier molecular flexibility index (Phi) is 5.39. The number of carbonyl (C=O) groups excluding carboxylic acids is 2. The molecule has 0 N–H and O–H groups in total. The molecule has 0 radical (unpaired) electrons. The lowest BCUT2D eigenvalue weighted by molar-refractivity contribution is 0.0737. The number of carbonyl (C=O) groups is 2. The first-order valence-corrected chi connectivity index (χ1v) is 8.30. The van der Waals surface area contributed by atoms with Gasteiger partial charge in [-0.25, -0.2) is 9.59 Å². The van der Waals surface area contributed by atoms with Gasteiger partial charge >= 0.3 is 12.1 Å². The van der Waals surface area contributed by atoms with Crippen LogP contribution in [0.1, 0.15) is 17.3 Å². The molecular formula is C20H15ClO5. The lowest BCUT2D eigenvalue weighted by Crippen LogP contribution is -2.11. The van der Waals surface area contributed by atoms with Crippen LogP contribution in [0.3, 0.4) is 0 Å². The van der Waals surface area contributed by atoms with Gasteiger partial charge in [-0.05, 0) is 48.7 Å². The largest absolute Gasteiger partial charge is 0.513 e. The van der Waals surface area contributed by atoms with Gasteiger partial charge in [0.25, 0.3) is 0 Å². The number of hydrogen-bond acceptors (Lipinski definition) is 5. The molecule has 26 heavy (non-hydrogen) atoms. The van der Waals surface area contributed by atoms with Crippen molar-refractivity contribution in [2.24, 2.45) is 0 Å². The highest BCUT2D eigenvalue weighted by atomic mass is 35.5. The third kappa shape index (κ3) is 3.95. The number of halogens is 1. The lowest BCUT2D eigenvalue weighted by Gasteiger charge is -2.12. The van der Waals surface area contributed by atoms with E-state index >= 15 is 0 Å². The van der Waals surface area contributed by atoms with Gasteiger partial charge in [0, 0.05) is 5.02 Å². The Labute approximate surface area is 155 Å². The van der Waals surface area contributed by atoms with Crippen molar-refractivity contribution in [3.8, 4) is 11.5 Å². The maximum absolute atomic E-state index is 12.4. The summed E-state index contributed by atoms with van der Waals surface area (Å²) in [5, 5.41) is 1.79. The highest BCUT2D eigenvalue weighted by Crippen LogP contribution is 2.34. The van der Waals surface area contributed by atoms with Crippen LogP contribution in [0.2, 0.25) is 5.02 Å². The van der Waals surface area contributed by atoms with Crippen LogP contribution in [-0.2, 0) is 4.74 Å². The second-order valence-electron chi connectivity index (χ2n) is 5.29. The van der Waals surface area contributed by atoms with Crippen molar-refractivity contribution in [2.45, 2.75) is 6.92 Å². The fourth-order valence-corrected chi connectivity index (χ4v) is 2.55. The Bertz CT molecular complexity index is 945. The predicted octanol–water partition coefficient (Wildman–Crippen LogP) is 5.25. The van der Waals surface area contributed by atoms with E-state index in [1.165, 1.54) is 0 Å². The minimum absolute atomic E-state index is 0.196. The van der Waals surface area contributed by atoms with Crippen molar-refractivity contribution in [1.82, 2.24) is 0 Å². The summed E-state index contributed by atoms with van der Waals surface area (Å²) in [6.45, 7) is 1.88. The van der Waals surface area contributed by atoms with Crippen molar-refractivity contribution in [3.05, 3.63) is 71.2 Å². The average Bonchev–Trinajstić information content (AvgIpc) is 2.62. The van der Waals surface area contributed by atoms with Crippen molar-refractivity contribution < 1.29 is 23.8 Å². The molecule has 3 rings (SSSR count). The normalized spacial score (nSPS) is 10.4. The van der Waals surface area contributed by atoms with E-state index in [1.807, 2.05) is 12.1 Å². The number of benzene rings is 3. The molecule has 3 aromatic carbocycles. The number of hydrogen-bond donors (Lipinski definition) is 0. The fourth-order valence-electron chi connectivity index (χ4n) is 2.43. The van der Waals surface area contributed by atoms with E-state index in [0.29, 0.717) is 16.0 Å². The van der Waals surface area contributed by atoms with Crippen LogP contribution in [0.4, 0.5) is 4.79 Å². The molecule has 0 fully saturated rings. The molecule has 3 aromatic rings. The zero-order chi connectivity index (χ0) is 18.5. The first-order valence-electron chi connectivity index (χ1n) is 7.92. The van der Waals surface area contributed by atoms with Crippen LogP contribution >= 0.6 is 11.6 Å². The molecule has 0 aromatic heterocycles. The predicted molar refractivity (Wildman–Crippen MR) is 98.0 cm³/mol. The van der Waals surface area contributed by atoms with Gasteiger partial charge in [-0.1, -0.05) is 35.9 Å². The summed E-state index contributed by atoms with van der Waals surface area (Å²) in [6.07, 6.45) is -0.821. The first-order chi connectivity index (χ1) is 12.6. The minimum atomic E-state index is -0.821. The topological polar surface area (TPSA) is 61.8 Å². The fraction of sp³-hybridized carbons (Fsp3) is 0.100. The second-order valence-corrected chi connectivity index (χ2v) is 5.73. The first kappa shape index (κ1) is 17.8. The Balaban J connectivity index is 1.96. The zero-order valence-electron chi connectivity index (χ0n) is 13.9. The van der Waals surface area contributed by atoms with Crippen LogP contribution in [-0.4, -0.2) is 18.7 Å². The summed E-state index contributed by atoms with van der Waals surface area (Å²) < 4.78 is 15.6. The Morgan fingerprint density at radius 3 is 2.12 bits per heavy atom. The highest BCUT2D eigenvalue weighted by Gasteiger charge is 2.16. The van der Waals surface area contributed by atoms with Gasteiger partial charge in [-0.3, -0.25) is 0 Å². The van der Waals surface area contributed by atoms with Gasteiger partial charge < -0.3 is 14.2 Å². The Hall–Kier alpha value is -3.05. The molecular weight excluding hydrogens is 356 g/mol. The SMILES string of the molecule is CCOC(=O)Oc1cccc2cccc(OC(=O)c3ccc(Cl)cc3)c12. The van der Waals surface area contributed by atoms with Gasteiger partial charge in [0.2, 0.25) is 0 Å². The number of esters is 1. The van der Waals surface area contributed by atoms with Gasteiger partial charge in [0.05, 0.1) is 17.6 Å². The summed E-state index contributed by atoms with van der Waals surface area (Å²) in [6, 6.07) is 16.8. The molecule has 0 spiro atoms. The van der Waals surface area contributed by atoms with Crippen LogP contribution in [0.15, 0.2) is 60.7 Å². The van der Waals surface area contributed by atoms with Gasteiger partial charge in [-0.2, -0.15) is 0 Å². The summed E-state index contributed by atoms with van der Waals surface area (Å²) in [5.74, 6) is -0.0112.